The maximum Gasteiger partial charge on any atom is 0.287 e. The molecule has 0 unspecified atom stereocenters. The summed E-state index contributed by atoms with van der Waals surface area (Å²) in [6, 6.07) is 11.8. The summed E-state index contributed by atoms with van der Waals surface area (Å²) in [4.78, 5) is 25.4. The fourth-order valence-electron chi connectivity index (χ4n) is 3.42. The van der Waals surface area contributed by atoms with Crippen molar-refractivity contribution in [3.63, 3.8) is 0 Å². The zero-order chi connectivity index (χ0) is 22.5. The second-order valence-corrected chi connectivity index (χ2v) is 7.38. The molecule has 32 heavy (non-hydrogen) atoms. The number of carbonyl (C=O) groups is 2. The number of amides is 2. The monoisotopic (exact) mass is 438 g/mol. The van der Waals surface area contributed by atoms with Gasteiger partial charge in [0, 0.05) is 19.4 Å². The van der Waals surface area contributed by atoms with E-state index in [1.54, 1.807) is 30.3 Å². The molecule has 1 aliphatic heterocycles. The average Bonchev–Trinajstić information content (AvgIpc) is 3.51. The van der Waals surface area contributed by atoms with Gasteiger partial charge in [0.15, 0.2) is 23.0 Å². The highest BCUT2D eigenvalue weighted by molar-refractivity contribution is 5.92. The zero-order valence-corrected chi connectivity index (χ0v) is 18.1. The Balaban J connectivity index is 1.53. The fraction of sp³-hybridized carbons (Fsp3) is 0.333. The Morgan fingerprint density at radius 3 is 2.09 bits per heavy atom. The van der Waals surface area contributed by atoms with E-state index in [2.05, 4.69) is 10.6 Å². The number of ether oxygens (including phenoxy) is 2. The van der Waals surface area contributed by atoms with Crippen molar-refractivity contribution in [2.45, 2.75) is 32.7 Å². The van der Waals surface area contributed by atoms with Gasteiger partial charge in [-0.3, -0.25) is 9.59 Å². The molecule has 4 rings (SSSR count). The van der Waals surface area contributed by atoms with Crippen molar-refractivity contribution in [2.24, 2.45) is 0 Å². The molecule has 8 heteroatoms. The molecule has 3 aromatic rings. The molecule has 2 aromatic heterocycles. The normalized spacial score (nSPS) is 13.4. The summed E-state index contributed by atoms with van der Waals surface area (Å²) < 4.78 is 22.4. The van der Waals surface area contributed by atoms with Crippen LogP contribution in [0.4, 0.5) is 0 Å². The third kappa shape index (κ3) is 4.80. The van der Waals surface area contributed by atoms with Crippen LogP contribution in [0.3, 0.4) is 0 Å². The quantitative estimate of drug-likeness (QED) is 0.556. The summed E-state index contributed by atoms with van der Waals surface area (Å²) in [5.74, 6) is 2.43. The molecule has 0 saturated carbocycles. The summed E-state index contributed by atoms with van der Waals surface area (Å²) in [5.41, 5.74) is 0.763. The molecule has 2 amide bonds. The third-order valence-electron chi connectivity index (χ3n) is 5.21. The van der Waals surface area contributed by atoms with Gasteiger partial charge in [-0.2, -0.15) is 0 Å². The van der Waals surface area contributed by atoms with E-state index < -0.39 is 6.04 Å². The van der Waals surface area contributed by atoms with E-state index >= 15 is 0 Å². The van der Waals surface area contributed by atoms with Crippen LogP contribution in [0.5, 0.6) is 11.5 Å². The number of aryl methyl sites for hydroxylation is 2. The van der Waals surface area contributed by atoms with E-state index in [1.807, 2.05) is 26.0 Å². The zero-order valence-electron chi connectivity index (χ0n) is 18.1. The second kappa shape index (κ2) is 9.64. The first-order valence-electron chi connectivity index (χ1n) is 10.7. The number of nitrogens with one attached hydrogen (secondary N) is 2. The lowest BCUT2D eigenvalue weighted by Gasteiger charge is -2.23. The predicted molar refractivity (Wildman–Crippen MR) is 116 cm³/mol. The molecule has 1 aromatic carbocycles. The van der Waals surface area contributed by atoms with Crippen molar-refractivity contribution in [3.8, 4) is 11.5 Å². The topological polar surface area (TPSA) is 103 Å². The number of carbonyl (C=O) groups excluding carboxylic acids is 2. The Hall–Kier alpha value is -3.68. The predicted octanol–water partition coefficient (Wildman–Crippen LogP) is 3.67. The SMILES string of the molecule is CCc1ccc(C(=O)NC[C@@H](NC(=O)c2ccc(CC)o2)c2ccc3c(c2)OCCO3)o1. The van der Waals surface area contributed by atoms with Crippen molar-refractivity contribution >= 4 is 11.8 Å². The Morgan fingerprint density at radius 1 is 0.844 bits per heavy atom. The Kier molecular flexibility index (Phi) is 6.49. The van der Waals surface area contributed by atoms with E-state index in [4.69, 9.17) is 18.3 Å². The van der Waals surface area contributed by atoms with Gasteiger partial charge in [0.1, 0.15) is 24.7 Å². The van der Waals surface area contributed by atoms with Crippen LogP contribution in [-0.2, 0) is 12.8 Å². The van der Waals surface area contributed by atoms with Crippen molar-refractivity contribution in [1.82, 2.24) is 10.6 Å². The lowest BCUT2D eigenvalue weighted by molar-refractivity contribution is 0.0879. The van der Waals surface area contributed by atoms with Gasteiger partial charge >= 0.3 is 0 Å². The van der Waals surface area contributed by atoms with E-state index in [9.17, 15) is 9.59 Å². The van der Waals surface area contributed by atoms with Crippen LogP contribution >= 0.6 is 0 Å². The average molecular weight is 438 g/mol. The van der Waals surface area contributed by atoms with Crippen LogP contribution in [-0.4, -0.2) is 31.6 Å². The summed E-state index contributed by atoms with van der Waals surface area (Å²) in [6.45, 7) is 4.99. The summed E-state index contributed by atoms with van der Waals surface area (Å²) in [7, 11) is 0. The molecule has 0 radical (unpaired) electrons. The number of hydrogen-bond donors (Lipinski definition) is 2. The highest BCUT2D eigenvalue weighted by Crippen LogP contribution is 2.32. The van der Waals surface area contributed by atoms with Gasteiger partial charge in [0.05, 0.1) is 6.04 Å². The van der Waals surface area contributed by atoms with Crippen molar-refractivity contribution < 1.29 is 27.9 Å². The minimum absolute atomic E-state index is 0.147. The molecule has 3 heterocycles. The minimum Gasteiger partial charge on any atom is -0.486 e. The summed E-state index contributed by atoms with van der Waals surface area (Å²) in [5, 5.41) is 5.78. The molecular formula is C24H26N2O6. The fourth-order valence-corrected chi connectivity index (χ4v) is 3.42. The lowest BCUT2D eigenvalue weighted by Crippen LogP contribution is -2.37. The van der Waals surface area contributed by atoms with E-state index in [0.29, 0.717) is 37.6 Å². The summed E-state index contributed by atoms with van der Waals surface area (Å²) >= 11 is 0. The first-order valence-corrected chi connectivity index (χ1v) is 10.7. The van der Waals surface area contributed by atoms with E-state index in [1.165, 1.54) is 0 Å². The number of furan rings is 2. The molecule has 0 bridgehead atoms. The van der Waals surface area contributed by atoms with Crippen molar-refractivity contribution in [3.05, 3.63) is 71.1 Å². The highest BCUT2D eigenvalue weighted by Gasteiger charge is 2.22. The molecule has 8 nitrogen and oxygen atoms in total. The smallest absolute Gasteiger partial charge is 0.287 e. The number of rotatable bonds is 8. The molecule has 1 aliphatic rings. The Labute approximate surface area is 185 Å². The van der Waals surface area contributed by atoms with Crippen LogP contribution in [0, 0.1) is 0 Å². The van der Waals surface area contributed by atoms with Crippen LogP contribution in [0.1, 0.15) is 58.1 Å². The first kappa shape index (κ1) is 21.5. The largest absolute Gasteiger partial charge is 0.486 e. The maximum absolute atomic E-state index is 12.8. The van der Waals surface area contributed by atoms with Crippen LogP contribution in [0.2, 0.25) is 0 Å². The molecule has 168 valence electrons. The van der Waals surface area contributed by atoms with Crippen LogP contribution < -0.4 is 20.1 Å². The van der Waals surface area contributed by atoms with E-state index in [0.717, 1.165) is 17.1 Å². The van der Waals surface area contributed by atoms with Crippen molar-refractivity contribution in [2.75, 3.05) is 19.8 Å². The van der Waals surface area contributed by atoms with Gasteiger partial charge in [-0.05, 0) is 42.0 Å². The molecular weight excluding hydrogens is 412 g/mol. The standard InChI is InChI=1S/C24H26N2O6/c1-3-16-6-9-20(31-16)23(27)25-14-18(26-24(28)21-10-7-17(4-2)32-21)15-5-8-19-22(13-15)30-12-11-29-19/h5-10,13,18H,3-4,11-12,14H2,1-2H3,(H,25,27)(H,26,28)/t18-/m1/s1. The lowest BCUT2D eigenvalue weighted by atomic mass is 10.1. The Morgan fingerprint density at radius 2 is 1.47 bits per heavy atom. The minimum atomic E-state index is -0.530. The molecule has 1 atom stereocenters. The maximum atomic E-state index is 12.8. The third-order valence-corrected chi connectivity index (χ3v) is 5.21. The van der Waals surface area contributed by atoms with Gasteiger partial charge in [-0.15, -0.1) is 0 Å². The van der Waals surface area contributed by atoms with Gasteiger partial charge < -0.3 is 28.9 Å². The van der Waals surface area contributed by atoms with Gasteiger partial charge in [-0.25, -0.2) is 0 Å². The molecule has 0 spiro atoms. The number of benzene rings is 1. The van der Waals surface area contributed by atoms with Crippen molar-refractivity contribution in [1.29, 1.82) is 0 Å². The molecule has 0 aliphatic carbocycles. The first-order chi connectivity index (χ1) is 15.6. The second-order valence-electron chi connectivity index (χ2n) is 7.38. The van der Waals surface area contributed by atoms with Crippen LogP contribution in [0.15, 0.2) is 51.3 Å². The number of fused-ring (bicyclic) bond motifs is 1. The van der Waals surface area contributed by atoms with Gasteiger partial charge in [0.2, 0.25) is 0 Å². The number of hydrogen-bond acceptors (Lipinski definition) is 6. The van der Waals surface area contributed by atoms with Gasteiger partial charge in [0.25, 0.3) is 11.8 Å². The van der Waals surface area contributed by atoms with Gasteiger partial charge in [-0.1, -0.05) is 19.9 Å². The van der Waals surface area contributed by atoms with Crippen LogP contribution in [0.25, 0.3) is 0 Å². The Bertz CT molecular complexity index is 1100. The molecule has 0 saturated heterocycles. The highest BCUT2D eigenvalue weighted by atomic mass is 16.6. The summed E-state index contributed by atoms with van der Waals surface area (Å²) in [6.07, 6.45) is 1.39. The van der Waals surface area contributed by atoms with E-state index in [-0.39, 0.29) is 29.9 Å². The molecule has 0 fully saturated rings. The molecule has 2 N–H and O–H groups in total.